The maximum absolute atomic E-state index is 5.69. The Labute approximate surface area is 132 Å². The van der Waals surface area contributed by atoms with Gasteiger partial charge in [-0.2, -0.15) is 0 Å². The Morgan fingerprint density at radius 2 is 2.05 bits per heavy atom. The van der Waals surface area contributed by atoms with Crippen LogP contribution in [0.2, 0.25) is 0 Å². The molecule has 3 N–H and O–H groups in total. The van der Waals surface area contributed by atoms with E-state index in [-0.39, 0.29) is 6.04 Å². The van der Waals surface area contributed by atoms with E-state index in [0.29, 0.717) is 0 Å². The molecular weight excluding hydrogens is 336 g/mol. The van der Waals surface area contributed by atoms with Crippen molar-refractivity contribution in [3.05, 3.63) is 58.6 Å². The van der Waals surface area contributed by atoms with Gasteiger partial charge in [0.05, 0.1) is 13.2 Å². The summed E-state index contributed by atoms with van der Waals surface area (Å²) < 4.78 is 6.47. The summed E-state index contributed by atoms with van der Waals surface area (Å²) in [6.45, 7) is 0. The minimum atomic E-state index is 0.0372. The normalized spacial score (nSPS) is 12.2. The first kappa shape index (κ1) is 15.4. The molecule has 106 valence electrons. The molecule has 2 rings (SSSR count). The SMILES string of the molecule is COc1ccccc1C(CSc1cccc(Br)c1)NN. The zero-order valence-corrected chi connectivity index (χ0v) is 13.6. The molecule has 0 aliphatic heterocycles. The fraction of sp³-hybridized carbons (Fsp3) is 0.200. The third-order valence-electron chi connectivity index (χ3n) is 2.93. The quantitative estimate of drug-likeness (QED) is 0.472. The predicted molar refractivity (Wildman–Crippen MR) is 87.9 cm³/mol. The van der Waals surface area contributed by atoms with Crippen molar-refractivity contribution in [3.8, 4) is 5.75 Å². The average Bonchev–Trinajstić information content (AvgIpc) is 2.48. The fourth-order valence-electron chi connectivity index (χ4n) is 1.92. The highest BCUT2D eigenvalue weighted by Gasteiger charge is 2.14. The molecule has 0 saturated heterocycles. The van der Waals surface area contributed by atoms with Crippen LogP contribution in [0.15, 0.2) is 57.9 Å². The van der Waals surface area contributed by atoms with Gasteiger partial charge in [0.1, 0.15) is 5.75 Å². The Kier molecular flexibility index (Phi) is 5.91. The third kappa shape index (κ3) is 3.99. The number of rotatable bonds is 6. The number of ether oxygens (including phenoxy) is 1. The van der Waals surface area contributed by atoms with Gasteiger partial charge in [-0.15, -0.1) is 11.8 Å². The molecule has 0 saturated carbocycles. The zero-order valence-electron chi connectivity index (χ0n) is 11.2. The minimum Gasteiger partial charge on any atom is -0.496 e. The van der Waals surface area contributed by atoms with Crippen LogP contribution in [-0.2, 0) is 0 Å². The van der Waals surface area contributed by atoms with Gasteiger partial charge in [-0.05, 0) is 24.3 Å². The maximum Gasteiger partial charge on any atom is 0.123 e. The molecule has 1 unspecified atom stereocenters. The van der Waals surface area contributed by atoms with E-state index in [1.54, 1.807) is 18.9 Å². The highest BCUT2D eigenvalue weighted by Crippen LogP contribution is 2.30. The third-order valence-corrected chi connectivity index (χ3v) is 4.51. The number of hydrogen-bond donors (Lipinski definition) is 2. The summed E-state index contributed by atoms with van der Waals surface area (Å²) in [5, 5.41) is 0. The molecule has 0 heterocycles. The van der Waals surface area contributed by atoms with Crippen LogP contribution in [-0.4, -0.2) is 12.9 Å². The fourth-order valence-corrected chi connectivity index (χ4v) is 3.49. The second-order valence-corrected chi connectivity index (χ2v) is 6.24. The Bertz CT molecular complexity index is 565. The van der Waals surface area contributed by atoms with E-state index in [0.717, 1.165) is 21.5 Å². The van der Waals surface area contributed by atoms with E-state index >= 15 is 0 Å². The maximum atomic E-state index is 5.69. The van der Waals surface area contributed by atoms with Gasteiger partial charge in [0.2, 0.25) is 0 Å². The van der Waals surface area contributed by atoms with Crippen molar-refractivity contribution in [2.24, 2.45) is 5.84 Å². The number of methoxy groups -OCH3 is 1. The van der Waals surface area contributed by atoms with E-state index in [4.69, 9.17) is 10.6 Å². The Balaban J connectivity index is 2.09. The second-order valence-electron chi connectivity index (χ2n) is 4.23. The molecule has 3 nitrogen and oxygen atoms in total. The van der Waals surface area contributed by atoms with Crippen LogP contribution in [0.5, 0.6) is 5.75 Å². The average molecular weight is 353 g/mol. The van der Waals surface area contributed by atoms with Gasteiger partial charge >= 0.3 is 0 Å². The van der Waals surface area contributed by atoms with Gasteiger partial charge in [-0.1, -0.05) is 40.2 Å². The largest absolute Gasteiger partial charge is 0.496 e. The van der Waals surface area contributed by atoms with Crippen molar-refractivity contribution >= 4 is 27.7 Å². The summed E-state index contributed by atoms with van der Waals surface area (Å²) in [6, 6.07) is 16.2. The van der Waals surface area contributed by atoms with Gasteiger partial charge in [0, 0.05) is 20.7 Å². The first-order valence-corrected chi connectivity index (χ1v) is 8.00. The minimum absolute atomic E-state index is 0.0372. The van der Waals surface area contributed by atoms with Gasteiger partial charge in [-0.25, -0.2) is 0 Å². The zero-order chi connectivity index (χ0) is 14.4. The van der Waals surface area contributed by atoms with Crippen LogP contribution in [0.1, 0.15) is 11.6 Å². The summed E-state index contributed by atoms with van der Waals surface area (Å²) in [5.74, 6) is 7.37. The molecule has 0 spiro atoms. The molecule has 0 fully saturated rings. The van der Waals surface area contributed by atoms with Crippen LogP contribution in [0.25, 0.3) is 0 Å². The van der Waals surface area contributed by atoms with Gasteiger partial charge in [0.25, 0.3) is 0 Å². The molecule has 0 radical (unpaired) electrons. The molecule has 0 aliphatic carbocycles. The van der Waals surface area contributed by atoms with Gasteiger partial charge < -0.3 is 4.74 Å². The van der Waals surface area contributed by atoms with E-state index in [9.17, 15) is 0 Å². The number of nitrogens with two attached hydrogens (primary N) is 1. The summed E-state index contributed by atoms with van der Waals surface area (Å²) in [7, 11) is 1.67. The first-order valence-electron chi connectivity index (χ1n) is 6.22. The smallest absolute Gasteiger partial charge is 0.123 e. The molecule has 0 amide bonds. The number of hydrogen-bond acceptors (Lipinski definition) is 4. The summed E-state index contributed by atoms with van der Waals surface area (Å²) in [6.07, 6.45) is 0. The Hall–Kier alpha value is -1.01. The van der Waals surface area contributed by atoms with E-state index in [1.807, 2.05) is 36.4 Å². The summed E-state index contributed by atoms with van der Waals surface area (Å²) >= 11 is 5.23. The molecule has 0 aromatic heterocycles. The molecule has 5 heteroatoms. The summed E-state index contributed by atoms with van der Waals surface area (Å²) in [4.78, 5) is 1.20. The number of para-hydroxylation sites is 1. The van der Waals surface area contributed by atoms with Crippen LogP contribution in [0, 0.1) is 0 Å². The van der Waals surface area contributed by atoms with Crippen LogP contribution < -0.4 is 16.0 Å². The molecule has 20 heavy (non-hydrogen) atoms. The standard InChI is InChI=1S/C15H17BrN2OS/c1-19-15-8-3-2-7-13(15)14(18-17)10-20-12-6-4-5-11(16)9-12/h2-9,14,18H,10,17H2,1H3. The lowest BCUT2D eigenvalue weighted by Gasteiger charge is -2.18. The summed E-state index contributed by atoms with van der Waals surface area (Å²) in [5.41, 5.74) is 3.93. The van der Waals surface area contributed by atoms with Crippen LogP contribution in [0.4, 0.5) is 0 Å². The van der Waals surface area contributed by atoms with Gasteiger partial charge in [-0.3, -0.25) is 11.3 Å². The lowest BCUT2D eigenvalue weighted by Crippen LogP contribution is -2.30. The number of halogens is 1. The Morgan fingerprint density at radius 1 is 1.25 bits per heavy atom. The van der Waals surface area contributed by atoms with Crippen molar-refractivity contribution in [1.29, 1.82) is 0 Å². The van der Waals surface area contributed by atoms with Crippen LogP contribution >= 0.6 is 27.7 Å². The monoisotopic (exact) mass is 352 g/mol. The molecule has 2 aromatic rings. The van der Waals surface area contributed by atoms with Crippen molar-refractivity contribution in [1.82, 2.24) is 5.43 Å². The topological polar surface area (TPSA) is 47.3 Å². The lowest BCUT2D eigenvalue weighted by atomic mass is 10.1. The molecule has 2 aromatic carbocycles. The van der Waals surface area contributed by atoms with Crippen molar-refractivity contribution < 1.29 is 4.74 Å². The number of hydrazine groups is 1. The lowest BCUT2D eigenvalue weighted by molar-refractivity contribution is 0.403. The highest BCUT2D eigenvalue weighted by molar-refractivity contribution is 9.10. The van der Waals surface area contributed by atoms with Crippen LogP contribution in [0.3, 0.4) is 0 Å². The van der Waals surface area contributed by atoms with E-state index in [1.165, 1.54) is 4.90 Å². The molecular formula is C15H17BrN2OS. The van der Waals surface area contributed by atoms with Crippen molar-refractivity contribution in [2.75, 3.05) is 12.9 Å². The second kappa shape index (κ2) is 7.69. The predicted octanol–water partition coefficient (Wildman–Crippen LogP) is 3.75. The number of nitrogens with one attached hydrogen (secondary N) is 1. The molecule has 0 bridgehead atoms. The Morgan fingerprint density at radius 3 is 2.75 bits per heavy atom. The first-order chi connectivity index (χ1) is 9.74. The van der Waals surface area contributed by atoms with Gasteiger partial charge in [0.15, 0.2) is 0 Å². The van der Waals surface area contributed by atoms with E-state index in [2.05, 4.69) is 33.5 Å². The number of thioether (sulfide) groups is 1. The molecule has 1 atom stereocenters. The molecule has 0 aliphatic rings. The number of benzene rings is 2. The highest BCUT2D eigenvalue weighted by atomic mass is 79.9. The van der Waals surface area contributed by atoms with Crippen molar-refractivity contribution in [2.45, 2.75) is 10.9 Å². The van der Waals surface area contributed by atoms with Crippen molar-refractivity contribution in [3.63, 3.8) is 0 Å². The van der Waals surface area contributed by atoms with E-state index < -0.39 is 0 Å².